The molecule has 0 aliphatic rings. The fraction of sp³-hybridized carbons (Fsp3) is 0. The number of nitrogens with zero attached hydrogens (tertiary/aromatic N) is 6. The van der Waals surface area contributed by atoms with Crippen molar-refractivity contribution >= 4 is 22.1 Å². The molecule has 0 radical (unpaired) electrons. The molecule has 6 nitrogen and oxygen atoms in total. The van der Waals surface area contributed by atoms with Crippen LogP contribution in [0.15, 0.2) is 121 Å². The van der Waals surface area contributed by atoms with Gasteiger partial charge in [0.1, 0.15) is 23.5 Å². The van der Waals surface area contributed by atoms with Crippen molar-refractivity contribution in [1.82, 2.24) is 24.1 Å². The van der Waals surface area contributed by atoms with Crippen LogP contribution in [0.4, 0.5) is 0 Å². The molecule has 0 spiro atoms. The number of hydrogen-bond donors (Lipinski definition) is 0. The summed E-state index contributed by atoms with van der Waals surface area (Å²) in [6, 6.07) is 40.2. The first kappa shape index (κ1) is 21.7. The highest BCUT2D eigenvalue weighted by Gasteiger charge is 2.20. The normalized spacial score (nSPS) is 11.1. The summed E-state index contributed by atoms with van der Waals surface area (Å²) in [6.45, 7) is 0. The third-order valence-corrected chi connectivity index (χ3v) is 6.64. The molecule has 38 heavy (non-hydrogen) atoms. The summed E-state index contributed by atoms with van der Waals surface area (Å²) in [4.78, 5) is 14.7. The molecule has 4 aromatic carbocycles. The molecule has 7 rings (SSSR count). The number of rotatable bonds is 4. The van der Waals surface area contributed by atoms with Gasteiger partial charge >= 0.3 is 0 Å². The van der Waals surface area contributed by atoms with Crippen molar-refractivity contribution < 1.29 is 0 Å². The Hall–Kier alpha value is -5.54. The number of imidazole rings is 2. The van der Waals surface area contributed by atoms with Crippen molar-refractivity contribution in [2.45, 2.75) is 0 Å². The second-order valence-corrected chi connectivity index (χ2v) is 8.92. The van der Waals surface area contributed by atoms with Gasteiger partial charge in [0.25, 0.3) is 0 Å². The highest BCUT2D eigenvalue weighted by Crippen LogP contribution is 2.32. The van der Waals surface area contributed by atoms with E-state index in [1.165, 1.54) is 0 Å². The standard InChI is InChI=1S/C32H20N6/c33-20-24-19-30(38-28-18-10-8-16-26(28)36-32(38)23-13-5-2-6-14-23)34-21-29(24)37-27-17-9-7-15-25(27)35-31(37)22-11-3-1-4-12-22/h1-19,21H. The van der Waals surface area contributed by atoms with Gasteiger partial charge < -0.3 is 0 Å². The van der Waals surface area contributed by atoms with Crippen LogP contribution in [-0.2, 0) is 0 Å². The van der Waals surface area contributed by atoms with Gasteiger partial charge in [-0.15, -0.1) is 0 Å². The van der Waals surface area contributed by atoms with E-state index in [1.807, 2.05) is 124 Å². The minimum Gasteiger partial charge on any atom is -0.289 e. The second-order valence-electron chi connectivity index (χ2n) is 8.92. The van der Waals surface area contributed by atoms with Crippen molar-refractivity contribution in [3.05, 3.63) is 127 Å². The lowest BCUT2D eigenvalue weighted by Gasteiger charge is -2.14. The van der Waals surface area contributed by atoms with Crippen LogP contribution in [-0.4, -0.2) is 24.1 Å². The quantitative estimate of drug-likeness (QED) is 0.268. The van der Waals surface area contributed by atoms with Crippen LogP contribution in [0.1, 0.15) is 5.56 Å². The van der Waals surface area contributed by atoms with Gasteiger partial charge in [-0.2, -0.15) is 5.26 Å². The van der Waals surface area contributed by atoms with Crippen molar-refractivity contribution in [2.24, 2.45) is 0 Å². The fourth-order valence-electron chi connectivity index (χ4n) is 4.92. The first-order chi connectivity index (χ1) is 18.8. The number of para-hydroxylation sites is 4. The van der Waals surface area contributed by atoms with E-state index >= 15 is 0 Å². The molecule has 0 saturated heterocycles. The number of benzene rings is 4. The Morgan fingerprint density at radius 2 is 1.08 bits per heavy atom. The van der Waals surface area contributed by atoms with Gasteiger partial charge in [0.15, 0.2) is 0 Å². The summed E-state index contributed by atoms with van der Waals surface area (Å²) in [6.07, 6.45) is 1.76. The van der Waals surface area contributed by atoms with E-state index in [2.05, 4.69) is 6.07 Å². The van der Waals surface area contributed by atoms with Gasteiger partial charge in [-0.05, 0) is 24.3 Å². The van der Waals surface area contributed by atoms with Crippen LogP contribution in [0.25, 0.3) is 56.3 Å². The second kappa shape index (κ2) is 8.84. The molecule has 0 aliphatic heterocycles. The van der Waals surface area contributed by atoms with E-state index in [4.69, 9.17) is 15.0 Å². The molecule has 0 bridgehead atoms. The molecule has 0 atom stereocenters. The van der Waals surface area contributed by atoms with E-state index in [-0.39, 0.29) is 0 Å². The summed E-state index contributed by atoms with van der Waals surface area (Å²) < 4.78 is 4.03. The predicted molar refractivity (Wildman–Crippen MR) is 149 cm³/mol. The lowest BCUT2D eigenvalue weighted by atomic mass is 10.1. The lowest BCUT2D eigenvalue weighted by Crippen LogP contribution is -2.06. The summed E-state index contributed by atoms with van der Waals surface area (Å²) in [5.74, 6) is 2.16. The Balaban J connectivity index is 1.47. The van der Waals surface area contributed by atoms with Crippen LogP contribution in [0.2, 0.25) is 0 Å². The molecule has 0 N–H and O–H groups in total. The van der Waals surface area contributed by atoms with Gasteiger partial charge in [-0.1, -0.05) is 84.9 Å². The monoisotopic (exact) mass is 488 g/mol. The smallest absolute Gasteiger partial charge is 0.146 e. The Kier molecular flexibility index (Phi) is 5.05. The largest absolute Gasteiger partial charge is 0.289 e. The summed E-state index contributed by atoms with van der Waals surface area (Å²) in [7, 11) is 0. The first-order valence-corrected chi connectivity index (χ1v) is 12.3. The van der Waals surface area contributed by atoms with E-state index in [9.17, 15) is 5.26 Å². The molecular formula is C32H20N6. The van der Waals surface area contributed by atoms with Crippen LogP contribution >= 0.6 is 0 Å². The summed E-state index contributed by atoms with van der Waals surface area (Å²) in [5.41, 5.74) is 6.66. The van der Waals surface area contributed by atoms with E-state index in [0.29, 0.717) is 17.1 Å². The maximum atomic E-state index is 10.3. The molecule has 0 aliphatic carbocycles. The molecule has 7 aromatic rings. The number of pyridine rings is 1. The Morgan fingerprint density at radius 1 is 0.579 bits per heavy atom. The van der Waals surface area contributed by atoms with E-state index < -0.39 is 0 Å². The molecule has 3 aromatic heterocycles. The minimum absolute atomic E-state index is 0.493. The minimum atomic E-state index is 0.493. The van der Waals surface area contributed by atoms with Gasteiger partial charge in [0, 0.05) is 17.2 Å². The number of fused-ring (bicyclic) bond motifs is 2. The number of hydrogen-bond acceptors (Lipinski definition) is 4. The Bertz CT molecular complexity index is 1980. The van der Waals surface area contributed by atoms with Crippen molar-refractivity contribution in [1.29, 1.82) is 5.26 Å². The Labute approximate surface area is 218 Å². The highest BCUT2D eigenvalue weighted by molar-refractivity contribution is 5.85. The maximum absolute atomic E-state index is 10.3. The Morgan fingerprint density at radius 3 is 1.66 bits per heavy atom. The van der Waals surface area contributed by atoms with Crippen molar-refractivity contribution in [2.75, 3.05) is 0 Å². The van der Waals surface area contributed by atoms with E-state index in [1.54, 1.807) is 6.20 Å². The van der Waals surface area contributed by atoms with E-state index in [0.717, 1.165) is 44.8 Å². The third kappa shape index (κ3) is 3.46. The number of nitriles is 1. The third-order valence-electron chi connectivity index (χ3n) is 6.64. The first-order valence-electron chi connectivity index (χ1n) is 12.3. The average molecular weight is 489 g/mol. The van der Waals surface area contributed by atoms with Crippen LogP contribution in [0.3, 0.4) is 0 Å². The van der Waals surface area contributed by atoms with Crippen molar-refractivity contribution in [3.63, 3.8) is 0 Å². The SMILES string of the molecule is N#Cc1cc(-n2c(-c3ccccc3)nc3ccccc32)ncc1-n1c(-c2ccccc2)nc2ccccc21. The van der Waals surface area contributed by atoms with Crippen LogP contribution in [0, 0.1) is 11.3 Å². The molecular weight excluding hydrogens is 468 g/mol. The molecule has 0 saturated carbocycles. The molecule has 6 heteroatoms. The molecule has 178 valence electrons. The molecule has 3 heterocycles. The van der Waals surface area contributed by atoms with Crippen molar-refractivity contribution in [3.8, 4) is 40.4 Å². The summed E-state index contributed by atoms with van der Waals surface area (Å²) >= 11 is 0. The molecule has 0 fully saturated rings. The van der Waals surface area contributed by atoms with Crippen LogP contribution < -0.4 is 0 Å². The zero-order valence-electron chi connectivity index (χ0n) is 20.2. The zero-order chi connectivity index (χ0) is 25.5. The topological polar surface area (TPSA) is 72.3 Å². The average Bonchev–Trinajstić information content (AvgIpc) is 3.57. The van der Waals surface area contributed by atoms with Gasteiger partial charge in [0.05, 0.1) is 39.5 Å². The predicted octanol–water partition coefficient (Wildman–Crippen LogP) is 6.97. The number of aromatic nitrogens is 5. The van der Waals surface area contributed by atoms with Gasteiger partial charge in [-0.3, -0.25) is 9.13 Å². The molecule has 0 unspecified atom stereocenters. The lowest BCUT2D eigenvalue weighted by molar-refractivity contribution is 1.00. The molecule has 0 amide bonds. The maximum Gasteiger partial charge on any atom is 0.146 e. The highest BCUT2D eigenvalue weighted by atomic mass is 15.2. The zero-order valence-corrected chi connectivity index (χ0v) is 20.2. The fourth-order valence-corrected chi connectivity index (χ4v) is 4.92. The van der Waals surface area contributed by atoms with Crippen LogP contribution in [0.5, 0.6) is 0 Å². The summed E-state index contributed by atoms with van der Waals surface area (Å²) in [5, 5.41) is 10.3. The van der Waals surface area contributed by atoms with Gasteiger partial charge in [0.2, 0.25) is 0 Å². The van der Waals surface area contributed by atoms with Gasteiger partial charge in [-0.25, -0.2) is 15.0 Å².